The lowest BCUT2D eigenvalue weighted by Gasteiger charge is -2.32. The molecular formula is C17H19F3N2O3. The fourth-order valence-corrected chi connectivity index (χ4v) is 2.87. The highest BCUT2D eigenvalue weighted by Crippen LogP contribution is 2.32. The van der Waals surface area contributed by atoms with Gasteiger partial charge in [0, 0.05) is 25.2 Å². The molecule has 1 aromatic heterocycles. The molecule has 1 aliphatic heterocycles. The smallest absolute Gasteiger partial charge is 0.416 e. The first-order valence-electron chi connectivity index (χ1n) is 7.96. The molecule has 2 N–H and O–H groups in total. The summed E-state index contributed by atoms with van der Waals surface area (Å²) in [6.07, 6.45) is -5.51. The number of benzene rings is 1. The molecule has 0 spiro atoms. The van der Waals surface area contributed by atoms with Gasteiger partial charge in [0.2, 0.25) is 5.89 Å². The number of halogens is 3. The molecule has 0 amide bonds. The Labute approximate surface area is 142 Å². The minimum atomic E-state index is -4.43. The van der Waals surface area contributed by atoms with E-state index in [1.54, 1.807) is 6.92 Å². The molecule has 2 heterocycles. The van der Waals surface area contributed by atoms with E-state index in [9.17, 15) is 23.4 Å². The number of aryl methyl sites for hydroxylation is 1. The van der Waals surface area contributed by atoms with Crippen molar-refractivity contribution in [2.45, 2.75) is 38.3 Å². The number of nitrogens with zero attached hydrogens (tertiary/aromatic N) is 2. The molecule has 1 aromatic carbocycles. The van der Waals surface area contributed by atoms with Crippen molar-refractivity contribution in [3.8, 4) is 11.5 Å². The van der Waals surface area contributed by atoms with Crippen LogP contribution in [0.4, 0.5) is 13.2 Å². The van der Waals surface area contributed by atoms with Crippen molar-refractivity contribution in [3.05, 3.63) is 41.3 Å². The number of oxazole rings is 1. The van der Waals surface area contributed by atoms with E-state index < -0.39 is 23.9 Å². The van der Waals surface area contributed by atoms with E-state index in [0.717, 1.165) is 12.1 Å². The van der Waals surface area contributed by atoms with Crippen LogP contribution in [0.25, 0.3) is 11.5 Å². The average molecular weight is 356 g/mol. The first-order valence-corrected chi connectivity index (χ1v) is 7.96. The van der Waals surface area contributed by atoms with Crippen molar-refractivity contribution in [2.24, 2.45) is 0 Å². The summed E-state index contributed by atoms with van der Waals surface area (Å²) in [4.78, 5) is 6.25. The second-order valence-electron chi connectivity index (χ2n) is 6.26. The number of alkyl halides is 3. The molecule has 0 radical (unpaired) electrons. The first kappa shape index (κ1) is 17.9. The van der Waals surface area contributed by atoms with Crippen LogP contribution in [0.1, 0.15) is 23.4 Å². The third kappa shape index (κ3) is 4.02. The number of hydrogen-bond donors (Lipinski definition) is 2. The van der Waals surface area contributed by atoms with E-state index in [0.29, 0.717) is 37.5 Å². The van der Waals surface area contributed by atoms with Crippen LogP contribution in [0.3, 0.4) is 0 Å². The van der Waals surface area contributed by atoms with Crippen LogP contribution in [-0.4, -0.2) is 45.4 Å². The number of aliphatic hydroxyl groups is 2. The van der Waals surface area contributed by atoms with Gasteiger partial charge >= 0.3 is 6.18 Å². The second kappa shape index (κ2) is 6.78. The van der Waals surface area contributed by atoms with Gasteiger partial charge in [0.1, 0.15) is 5.76 Å². The van der Waals surface area contributed by atoms with Crippen LogP contribution >= 0.6 is 0 Å². The van der Waals surface area contributed by atoms with Crippen LogP contribution in [0.2, 0.25) is 0 Å². The Morgan fingerprint density at radius 1 is 1.28 bits per heavy atom. The Balaban J connectivity index is 1.79. The van der Waals surface area contributed by atoms with Gasteiger partial charge in [-0.15, -0.1) is 0 Å². The summed E-state index contributed by atoms with van der Waals surface area (Å²) in [7, 11) is 0. The normalized spacial score (nSPS) is 22.3. The fraction of sp³-hybridized carbons (Fsp3) is 0.471. The maximum Gasteiger partial charge on any atom is 0.416 e. The molecule has 0 bridgehead atoms. The molecular weight excluding hydrogens is 337 g/mol. The Morgan fingerprint density at radius 3 is 2.72 bits per heavy atom. The molecule has 2 aromatic rings. The largest absolute Gasteiger partial charge is 0.441 e. The molecule has 0 unspecified atom stereocenters. The van der Waals surface area contributed by atoms with Crippen molar-refractivity contribution in [1.29, 1.82) is 0 Å². The predicted molar refractivity (Wildman–Crippen MR) is 83.6 cm³/mol. The topological polar surface area (TPSA) is 69.7 Å². The number of likely N-dealkylation sites (tertiary alicyclic amines) is 1. The highest BCUT2D eigenvalue weighted by atomic mass is 19.4. The third-order valence-electron chi connectivity index (χ3n) is 4.33. The molecule has 1 aliphatic rings. The molecule has 1 saturated heterocycles. The second-order valence-corrected chi connectivity index (χ2v) is 6.26. The highest BCUT2D eigenvalue weighted by molar-refractivity contribution is 5.55. The molecule has 0 saturated carbocycles. The molecule has 2 atom stereocenters. The summed E-state index contributed by atoms with van der Waals surface area (Å²) in [5.41, 5.74) is 0.116. The summed E-state index contributed by atoms with van der Waals surface area (Å²) in [5.74, 6) is 0.657. The minimum absolute atomic E-state index is 0.135. The summed E-state index contributed by atoms with van der Waals surface area (Å²) in [6, 6.07) is 4.85. The minimum Gasteiger partial charge on any atom is -0.441 e. The molecule has 25 heavy (non-hydrogen) atoms. The van der Waals surface area contributed by atoms with E-state index in [-0.39, 0.29) is 11.5 Å². The predicted octanol–water partition coefficient (Wildman–Crippen LogP) is 2.60. The standard InChI is InChI=1S/C17H19F3N2O3/c1-10-13(8-22-6-5-14(23)15(24)9-22)21-16(25-10)11-3-2-4-12(7-11)17(18,19)20/h2-4,7,14-15,23-24H,5-6,8-9H2,1H3/t14-,15-/m0/s1. The zero-order valence-electron chi connectivity index (χ0n) is 13.6. The summed E-state index contributed by atoms with van der Waals surface area (Å²) >= 11 is 0. The molecule has 1 fully saturated rings. The Morgan fingerprint density at radius 2 is 2.04 bits per heavy atom. The Hall–Kier alpha value is -1.90. The van der Waals surface area contributed by atoms with Gasteiger partial charge in [-0.1, -0.05) is 6.07 Å². The van der Waals surface area contributed by atoms with Crippen LogP contribution in [-0.2, 0) is 12.7 Å². The van der Waals surface area contributed by atoms with Gasteiger partial charge in [0.05, 0.1) is 23.5 Å². The maximum absolute atomic E-state index is 12.8. The first-order chi connectivity index (χ1) is 11.7. The number of hydrogen-bond acceptors (Lipinski definition) is 5. The monoisotopic (exact) mass is 356 g/mol. The SMILES string of the molecule is Cc1oc(-c2cccc(C(F)(F)F)c2)nc1CN1CC[C@H](O)[C@@H](O)C1. The molecule has 0 aliphatic carbocycles. The number of rotatable bonds is 3. The van der Waals surface area contributed by atoms with Crippen LogP contribution in [0, 0.1) is 6.92 Å². The van der Waals surface area contributed by atoms with Crippen LogP contribution in [0.5, 0.6) is 0 Å². The zero-order valence-corrected chi connectivity index (χ0v) is 13.6. The average Bonchev–Trinajstić information content (AvgIpc) is 2.91. The van der Waals surface area contributed by atoms with E-state index in [2.05, 4.69) is 4.98 Å². The van der Waals surface area contributed by atoms with Crippen molar-refractivity contribution >= 4 is 0 Å². The van der Waals surface area contributed by atoms with Crippen molar-refractivity contribution in [1.82, 2.24) is 9.88 Å². The molecule has 5 nitrogen and oxygen atoms in total. The van der Waals surface area contributed by atoms with E-state index in [4.69, 9.17) is 4.42 Å². The Bertz CT molecular complexity index is 745. The van der Waals surface area contributed by atoms with E-state index in [1.807, 2.05) is 4.90 Å². The lowest BCUT2D eigenvalue weighted by atomic mass is 10.1. The molecule has 8 heteroatoms. The van der Waals surface area contributed by atoms with E-state index >= 15 is 0 Å². The van der Waals surface area contributed by atoms with Gasteiger partial charge in [-0.3, -0.25) is 4.90 Å². The number of aromatic nitrogens is 1. The Kier molecular flexibility index (Phi) is 4.86. The van der Waals surface area contributed by atoms with Gasteiger partial charge < -0.3 is 14.6 Å². The lowest BCUT2D eigenvalue weighted by molar-refractivity contribution is -0.137. The summed E-state index contributed by atoms with van der Waals surface area (Å²) < 4.78 is 44.1. The third-order valence-corrected chi connectivity index (χ3v) is 4.33. The van der Waals surface area contributed by atoms with Crippen molar-refractivity contribution in [3.63, 3.8) is 0 Å². The zero-order chi connectivity index (χ0) is 18.2. The quantitative estimate of drug-likeness (QED) is 0.885. The van der Waals surface area contributed by atoms with Gasteiger partial charge in [-0.2, -0.15) is 13.2 Å². The van der Waals surface area contributed by atoms with Crippen molar-refractivity contribution < 1.29 is 27.8 Å². The summed E-state index contributed by atoms with van der Waals surface area (Å²) in [6.45, 7) is 3.02. The molecule has 136 valence electrons. The maximum atomic E-state index is 12.8. The van der Waals surface area contributed by atoms with Gasteiger partial charge in [0.25, 0.3) is 0 Å². The van der Waals surface area contributed by atoms with Crippen LogP contribution in [0.15, 0.2) is 28.7 Å². The van der Waals surface area contributed by atoms with Crippen molar-refractivity contribution in [2.75, 3.05) is 13.1 Å². The van der Waals surface area contributed by atoms with E-state index in [1.165, 1.54) is 12.1 Å². The summed E-state index contributed by atoms with van der Waals surface area (Å²) in [5, 5.41) is 19.3. The molecule has 3 rings (SSSR count). The number of β-amino-alcohol motifs (C(OH)–C–C–N with tert-alkyl or cyclic N) is 1. The fourth-order valence-electron chi connectivity index (χ4n) is 2.87. The van der Waals surface area contributed by atoms with Gasteiger partial charge in [-0.25, -0.2) is 4.98 Å². The highest BCUT2D eigenvalue weighted by Gasteiger charge is 2.31. The van der Waals surface area contributed by atoms with Crippen LogP contribution < -0.4 is 0 Å². The number of piperidine rings is 1. The van der Waals surface area contributed by atoms with Gasteiger partial charge in [0.15, 0.2) is 0 Å². The number of aliphatic hydroxyl groups excluding tert-OH is 2. The lowest BCUT2D eigenvalue weighted by Crippen LogP contribution is -2.46. The van der Waals surface area contributed by atoms with Gasteiger partial charge in [-0.05, 0) is 31.5 Å².